The van der Waals surface area contributed by atoms with Gasteiger partial charge in [-0.05, 0) is 44.4 Å². The summed E-state index contributed by atoms with van der Waals surface area (Å²) >= 11 is 1.94. The van der Waals surface area contributed by atoms with Gasteiger partial charge >= 0.3 is 0 Å². The van der Waals surface area contributed by atoms with E-state index in [0.29, 0.717) is 0 Å². The van der Waals surface area contributed by atoms with Gasteiger partial charge in [0, 0.05) is 0 Å². The second-order valence-corrected chi connectivity index (χ2v) is 3.44. The zero-order valence-electron chi connectivity index (χ0n) is 7.15. The summed E-state index contributed by atoms with van der Waals surface area (Å²) < 4.78 is 0. The van der Waals surface area contributed by atoms with Gasteiger partial charge in [-0.1, -0.05) is 6.92 Å². The summed E-state index contributed by atoms with van der Waals surface area (Å²) in [5, 5.41) is 3.38. The summed E-state index contributed by atoms with van der Waals surface area (Å²) in [6, 6.07) is 0. The van der Waals surface area contributed by atoms with E-state index in [-0.39, 0.29) is 0 Å². The summed E-state index contributed by atoms with van der Waals surface area (Å²) in [6.07, 6.45) is 6.11. The highest BCUT2D eigenvalue weighted by molar-refractivity contribution is 7.98. The fraction of sp³-hybridized carbons (Fsp3) is 1.00. The van der Waals surface area contributed by atoms with E-state index in [1.165, 1.54) is 38.1 Å². The predicted molar refractivity (Wildman–Crippen MR) is 50.8 cm³/mol. The Morgan fingerprint density at radius 1 is 1.20 bits per heavy atom. The first-order valence-electron chi connectivity index (χ1n) is 4.11. The largest absolute Gasteiger partial charge is 0.317 e. The van der Waals surface area contributed by atoms with E-state index in [2.05, 4.69) is 18.5 Å². The first-order chi connectivity index (χ1) is 4.91. The van der Waals surface area contributed by atoms with Crippen LogP contribution in [-0.2, 0) is 0 Å². The number of nitrogens with one attached hydrogen (secondary N) is 1. The van der Waals surface area contributed by atoms with E-state index in [1.54, 1.807) is 0 Å². The molecule has 0 saturated carbocycles. The number of hydrogen-bond acceptors (Lipinski definition) is 2. The highest BCUT2D eigenvalue weighted by Crippen LogP contribution is 1.97. The first kappa shape index (κ1) is 10.3. The second-order valence-electron chi connectivity index (χ2n) is 2.45. The molecule has 0 aliphatic carbocycles. The average Bonchev–Trinajstić information content (AvgIpc) is 1.97. The van der Waals surface area contributed by atoms with Crippen molar-refractivity contribution in [2.24, 2.45) is 0 Å². The lowest BCUT2D eigenvalue weighted by Gasteiger charge is -2.00. The summed E-state index contributed by atoms with van der Waals surface area (Å²) in [4.78, 5) is 0. The molecule has 0 spiro atoms. The Kier molecular flexibility index (Phi) is 9.60. The fourth-order valence-corrected chi connectivity index (χ4v) is 1.29. The minimum atomic E-state index is 1.18. The monoisotopic (exact) mass is 161 g/mol. The minimum absolute atomic E-state index is 1.18. The van der Waals surface area contributed by atoms with Crippen molar-refractivity contribution in [3.05, 3.63) is 0 Å². The van der Waals surface area contributed by atoms with Gasteiger partial charge in [-0.3, -0.25) is 0 Å². The molecule has 0 aliphatic rings. The Labute approximate surface area is 69.0 Å². The van der Waals surface area contributed by atoms with Crippen LogP contribution in [0.4, 0.5) is 0 Å². The summed E-state index contributed by atoms with van der Waals surface area (Å²) in [7, 11) is 0. The molecule has 0 fully saturated rings. The second kappa shape index (κ2) is 9.31. The van der Waals surface area contributed by atoms with Crippen molar-refractivity contribution in [2.75, 3.05) is 25.1 Å². The van der Waals surface area contributed by atoms with Crippen LogP contribution in [0, 0.1) is 0 Å². The topological polar surface area (TPSA) is 12.0 Å². The van der Waals surface area contributed by atoms with Crippen LogP contribution in [0.25, 0.3) is 0 Å². The van der Waals surface area contributed by atoms with Crippen molar-refractivity contribution in [2.45, 2.75) is 26.2 Å². The van der Waals surface area contributed by atoms with Gasteiger partial charge in [0.2, 0.25) is 0 Å². The maximum Gasteiger partial charge on any atom is -0.00486 e. The highest BCUT2D eigenvalue weighted by atomic mass is 32.2. The van der Waals surface area contributed by atoms with E-state index >= 15 is 0 Å². The van der Waals surface area contributed by atoms with Crippen molar-refractivity contribution >= 4 is 11.8 Å². The van der Waals surface area contributed by atoms with E-state index in [1.807, 2.05) is 11.8 Å². The standard InChI is InChI=1S/C8H19NS/c1-3-6-9-7-4-5-8-10-2/h9H,3-8H2,1-2H3. The SMILES string of the molecule is CCCNCCCCSC. The molecule has 2 heteroatoms. The van der Waals surface area contributed by atoms with E-state index < -0.39 is 0 Å². The van der Waals surface area contributed by atoms with Crippen molar-refractivity contribution in [1.82, 2.24) is 5.32 Å². The molecule has 10 heavy (non-hydrogen) atoms. The third-order valence-corrected chi connectivity index (χ3v) is 2.08. The van der Waals surface area contributed by atoms with Crippen LogP contribution in [0.3, 0.4) is 0 Å². The quantitative estimate of drug-likeness (QED) is 0.574. The van der Waals surface area contributed by atoms with Crippen LogP contribution in [0.5, 0.6) is 0 Å². The van der Waals surface area contributed by atoms with Gasteiger partial charge in [0.05, 0.1) is 0 Å². The number of hydrogen-bond donors (Lipinski definition) is 1. The molecular formula is C8H19NS. The van der Waals surface area contributed by atoms with Gasteiger partial charge < -0.3 is 5.32 Å². The Morgan fingerprint density at radius 3 is 2.60 bits per heavy atom. The van der Waals surface area contributed by atoms with Crippen LogP contribution >= 0.6 is 11.8 Å². The summed E-state index contributed by atoms with van der Waals surface area (Å²) in [5.41, 5.74) is 0. The van der Waals surface area contributed by atoms with E-state index in [9.17, 15) is 0 Å². The van der Waals surface area contributed by atoms with Crippen molar-refractivity contribution in [3.8, 4) is 0 Å². The van der Waals surface area contributed by atoms with Crippen molar-refractivity contribution < 1.29 is 0 Å². The molecule has 0 saturated heterocycles. The predicted octanol–water partition coefficient (Wildman–Crippen LogP) is 2.13. The first-order valence-corrected chi connectivity index (χ1v) is 5.50. The van der Waals surface area contributed by atoms with E-state index in [0.717, 1.165) is 0 Å². The third kappa shape index (κ3) is 8.31. The van der Waals surface area contributed by atoms with Gasteiger partial charge in [0.25, 0.3) is 0 Å². The van der Waals surface area contributed by atoms with Crippen LogP contribution in [0.15, 0.2) is 0 Å². The van der Waals surface area contributed by atoms with Gasteiger partial charge in [-0.25, -0.2) is 0 Å². The zero-order chi connectivity index (χ0) is 7.66. The lowest BCUT2D eigenvalue weighted by molar-refractivity contribution is 0.635. The van der Waals surface area contributed by atoms with Gasteiger partial charge in [0.1, 0.15) is 0 Å². The molecule has 0 unspecified atom stereocenters. The van der Waals surface area contributed by atoms with Crippen LogP contribution in [0.2, 0.25) is 0 Å². The number of thioether (sulfide) groups is 1. The van der Waals surface area contributed by atoms with Crippen LogP contribution < -0.4 is 5.32 Å². The van der Waals surface area contributed by atoms with Crippen LogP contribution in [0.1, 0.15) is 26.2 Å². The van der Waals surface area contributed by atoms with Crippen molar-refractivity contribution in [3.63, 3.8) is 0 Å². The third-order valence-electron chi connectivity index (χ3n) is 1.38. The Bertz CT molecular complexity index is 49.2. The molecular weight excluding hydrogens is 142 g/mol. The van der Waals surface area contributed by atoms with Crippen molar-refractivity contribution in [1.29, 1.82) is 0 Å². The lowest BCUT2D eigenvalue weighted by atomic mass is 10.3. The average molecular weight is 161 g/mol. The molecule has 0 aromatic heterocycles. The number of rotatable bonds is 7. The van der Waals surface area contributed by atoms with E-state index in [4.69, 9.17) is 0 Å². The molecule has 0 amide bonds. The normalized spacial score (nSPS) is 10.2. The molecule has 0 radical (unpaired) electrons. The highest BCUT2D eigenvalue weighted by Gasteiger charge is 1.86. The molecule has 0 aliphatic heterocycles. The molecule has 0 heterocycles. The maximum atomic E-state index is 3.38. The molecule has 0 bridgehead atoms. The molecule has 1 N–H and O–H groups in total. The minimum Gasteiger partial charge on any atom is -0.317 e. The summed E-state index contributed by atoms with van der Waals surface area (Å²) in [5.74, 6) is 1.31. The zero-order valence-corrected chi connectivity index (χ0v) is 7.97. The fourth-order valence-electron chi connectivity index (χ4n) is 0.798. The lowest BCUT2D eigenvalue weighted by Crippen LogP contribution is -2.15. The molecule has 1 nitrogen and oxygen atoms in total. The Morgan fingerprint density at radius 2 is 2.00 bits per heavy atom. The van der Waals surface area contributed by atoms with Gasteiger partial charge in [-0.2, -0.15) is 11.8 Å². The molecule has 62 valence electrons. The molecule has 0 rings (SSSR count). The molecule has 0 atom stereocenters. The smallest absolute Gasteiger partial charge is 0.00486 e. The summed E-state index contributed by atoms with van der Waals surface area (Å²) in [6.45, 7) is 4.59. The van der Waals surface area contributed by atoms with Crippen LogP contribution in [-0.4, -0.2) is 25.1 Å². The van der Waals surface area contributed by atoms with Gasteiger partial charge in [-0.15, -0.1) is 0 Å². The molecule has 0 aromatic carbocycles. The number of unbranched alkanes of at least 4 members (excludes halogenated alkanes) is 1. The Balaban J connectivity index is 2.65. The molecule has 0 aromatic rings. The maximum absolute atomic E-state index is 3.38. The van der Waals surface area contributed by atoms with Gasteiger partial charge in [0.15, 0.2) is 0 Å². The Hall–Kier alpha value is 0.310.